The fourth-order valence-corrected chi connectivity index (χ4v) is 5.73. The van der Waals surface area contributed by atoms with Crippen LogP contribution in [0.25, 0.3) is 5.65 Å². The summed E-state index contributed by atoms with van der Waals surface area (Å²) in [6.45, 7) is 15.7. The molecule has 0 aliphatic carbocycles. The first-order valence-corrected chi connectivity index (χ1v) is 15.4. The van der Waals surface area contributed by atoms with Crippen molar-refractivity contribution >= 4 is 35.3 Å². The van der Waals surface area contributed by atoms with Gasteiger partial charge in [-0.1, -0.05) is 19.9 Å². The van der Waals surface area contributed by atoms with Gasteiger partial charge in [-0.05, 0) is 72.4 Å². The zero-order valence-corrected chi connectivity index (χ0v) is 26.9. The highest BCUT2D eigenvalue weighted by Gasteiger charge is 2.31. The minimum atomic E-state index is -0.821. The smallest absolute Gasteiger partial charge is 0.415 e. The van der Waals surface area contributed by atoms with Gasteiger partial charge in [0.1, 0.15) is 27.9 Å². The Labute approximate surface area is 255 Å². The fraction of sp³-hybridized carbons (Fsp3) is 0.548. The lowest BCUT2D eigenvalue weighted by molar-refractivity contribution is 0.0219. The summed E-state index contributed by atoms with van der Waals surface area (Å²) in [5, 5.41) is 5.68. The number of hydrogen-bond donors (Lipinski definition) is 0. The van der Waals surface area contributed by atoms with Crippen LogP contribution in [-0.4, -0.2) is 61.2 Å². The van der Waals surface area contributed by atoms with Gasteiger partial charge in [-0.25, -0.2) is 27.9 Å². The van der Waals surface area contributed by atoms with Gasteiger partial charge < -0.3 is 14.4 Å². The number of fused-ring (bicyclic) bond motifs is 1. The van der Waals surface area contributed by atoms with Crippen LogP contribution in [0.5, 0.6) is 0 Å². The van der Waals surface area contributed by atoms with Gasteiger partial charge in [-0.3, -0.25) is 4.90 Å². The molecule has 3 aromatic rings. The zero-order chi connectivity index (χ0) is 31.7. The van der Waals surface area contributed by atoms with E-state index in [0.717, 1.165) is 30.7 Å². The van der Waals surface area contributed by atoms with Gasteiger partial charge in [0.2, 0.25) is 0 Å². The third-order valence-corrected chi connectivity index (χ3v) is 7.92. The number of aromatic nitrogens is 3. The molecule has 43 heavy (non-hydrogen) atoms. The van der Waals surface area contributed by atoms with E-state index in [1.807, 2.05) is 34.6 Å². The summed E-state index contributed by atoms with van der Waals surface area (Å²) in [5.74, 6) is -1.39. The Morgan fingerprint density at radius 1 is 1.05 bits per heavy atom. The van der Waals surface area contributed by atoms with E-state index in [1.165, 1.54) is 11.0 Å². The molecular formula is C31H41F2N5O4S. The van der Waals surface area contributed by atoms with Crippen molar-refractivity contribution in [3.05, 3.63) is 53.4 Å². The lowest BCUT2D eigenvalue weighted by Crippen LogP contribution is -2.42. The van der Waals surface area contributed by atoms with Gasteiger partial charge in [0.15, 0.2) is 5.65 Å². The summed E-state index contributed by atoms with van der Waals surface area (Å²) in [7, 11) is 0. The number of nitrogens with zero attached hydrogens (tertiary/aromatic N) is 5. The number of piperidine rings is 1. The number of likely N-dealkylation sites (tertiary alicyclic amines) is 1. The van der Waals surface area contributed by atoms with E-state index in [9.17, 15) is 18.4 Å². The summed E-state index contributed by atoms with van der Waals surface area (Å²) in [6.07, 6.45) is 2.17. The number of carbonyl (C=O) groups is 2. The first-order chi connectivity index (χ1) is 20.0. The number of rotatable bonds is 6. The molecule has 9 nitrogen and oxygen atoms in total. The standard InChI is InChI=1S/C31H41F2N5O4S/c1-19(2)25-17-34-27-24(37(29(40)42-31(6,7)8)18-20-9-10-21(32)15-23(20)33)16-26(35-38(25)27)43-22-11-13-36(14-12-22)28(39)41-30(3,4)5/h9-10,15-17,19,22H,11-14,18H2,1-8H3. The number of benzene rings is 1. The molecule has 3 heterocycles. The Hall–Kier alpha value is -3.41. The average molecular weight is 618 g/mol. The number of amides is 2. The van der Waals surface area contributed by atoms with Crippen molar-refractivity contribution in [2.75, 3.05) is 18.0 Å². The van der Waals surface area contributed by atoms with Crippen LogP contribution in [0, 0.1) is 11.6 Å². The van der Waals surface area contributed by atoms with Crippen LogP contribution in [0.3, 0.4) is 0 Å². The quantitative estimate of drug-likeness (QED) is 0.282. The van der Waals surface area contributed by atoms with Crippen LogP contribution < -0.4 is 4.90 Å². The molecule has 0 spiro atoms. The Morgan fingerprint density at radius 3 is 2.28 bits per heavy atom. The third kappa shape index (κ3) is 8.36. The first kappa shape index (κ1) is 32.5. The molecule has 4 rings (SSSR count). The topological polar surface area (TPSA) is 89.3 Å². The summed E-state index contributed by atoms with van der Waals surface area (Å²) < 4.78 is 41.5. The summed E-state index contributed by atoms with van der Waals surface area (Å²) >= 11 is 1.56. The molecule has 0 saturated carbocycles. The molecule has 0 radical (unpaired) electrons. The largest absolute Gasteiger partial charge is 0.444 e. The first-order valence-electron chi connectivity index (χ1n) is 14.5. The Balaban J connectivity index is 1.69. The van der Waals surface area contributed by atoms with Crippen molar-refractivity contribution in [2.45, 2.75) is 102 Å². The number of halogens is 2. The van der Waals surface area contributed by atoms with E-state index >= 15 is 0 Å². The van der Waals surface area contributed by atoms with Crippen molar-refractivity contribution < 1.29 is 27.8 Å². The average Bonchev–Trinajstić information content (AvgIpc) is 3.31. The Kier molecular flexibility index (Phi) is 9.58. The van der Waals surface area contributed by atoms with Crippen LogP contribution in [0.1, 0.15) is 85.4 Å². The fourth-order valence-electron chi connectivity index (χ4n) is 4.64. The van der Waals surface area contributed by atoms with Crippen molar-refractivity contribution in [1.29, 1.82) is 0 Å². The predicted molar refractivity (Wildman–Crippen MR) is 163 cm³/mol. The summed E-state index contributed by atoms with van der Waals surface area (Å²) in [5.41, 5.74) is 0.402. The van der Waals surface area contributed by atoms with Crippen LogP contribution in [0.15, 0.2) is 35.5 Å². The van der Waals surface area contributed by atoms with Crippen LogP contribution >= 0.6 is 11.8 Å². The molecule has 1 aromatic carbocycles. The molecule has 0 bridgehead atoms. The van der Waals surface area contributed by atoms with Crippen LogP contribution in [-0.2, 0) is 16.0 Å². The number of carbonyl (C=O) groups excluding carboxylic acids is 2. The van der Waals surface area contributed by atoms with Gasteiger partial charge in [-0.15, -0.1) is 11.8 Å². The van der Waals surface area contributed by atoms with E-state index < -0.39 is 28.9 Å². The third-order valence-electron chi connectivity index (χ3n) is 6.67. The molecular weight excluding hydrogens is 576 g/mol. The second kappa shape index (κ2) is 12.7. The minimum absolute atomic E-state index is 0.0807. The van der Waals surface area contributed by atoms with E-state index in [1.54, 1.807) is 54.2 Å². The lowest BCUT2D eigenvalue weighted by atomic mass is 10.1. The van der Waals surface area contributed by atoms with E-state index in [0.29, 0.717) is 29.5 Å². The van der Waals surface area contributed by atoms with Gasteiger partial charge in [0.05, 0.1) is 24.1 Å². The number of hydrogen-bond acceptors (Lipinski definition) is 7. The maximum atomic E-state index is 14.8. The van der Waals surface area contributed by atoms with Crippen LogP contribution in [0.2, 0.25) is 0 Å². The van der Waals surface area contributed by atoms with Crippen molar-refractivity contribution in [3.63, 3.8) is 0 Å². The zero-order valence-electron chi connectivity index (χ0n) is 26.1. The number of imidazole rings is 1. The molecule has 1 aliphatic heterocycles. The second-order valence-corrected chi connectivity index (χ2v) is 14.3. The SMILES string of the molecule is CC(C)c1cnc2c(N(Cc3ccc(F)cc3F)C(=O)OC(C)(C)C)cc(SC3CCN(C(=O)OC(C)(C)C)CC3)nn12. The molecule has 234 valence electrons. The predicted octanol–water partition coefficient (Wildman–Crippen LogP) is 7.56. The molecule has 1 aliphatic rings. The molecule has 12 heteroatoms. The second-order valence-electron chi connectivity index (χ2n) is 13.0. The Morgan fingerprint density at radius 2 is 1.70 bits per heavy atom. The molecule has 2 aromatic heterocycles. The molecule has 0 N–H and O–H groups in total. The summed E-state index contributed by atoms with van der Waals surface area (Å²) in [4.78, 5) is 33.8. The van der Waals surface area contributed by atoms with E-state index in [-0.39, 0.29) is 29.4 Å². The van der Waals surface area contributed by atoms with Gasteiger partial charge >= 0.3 is 12.2 Å². The molecule has 1 saturated heterocycles. The van der Waals surface area contributed by atoms with Gasteiger partial charge in [0, 0.05) is 30.0 Å². The highest BCUT2D eigenvalue weighted by atomic mass is 32.2. The van der Waals surface area contributed by atoms with Crippen molar-refractivity contribution in [3.8, 4) is 0 Å². The van der Waals surface area contributed by atoms with Crippen molar-refractivity contribution in [1.82, 2.24) is 19.5 Å². The molecule has 0 unspecified atom stereocenters. The number of thioether (sulfide) groups is 1. The monoisotopic (exact) mass is 617 g/mol. The van der Waals surface area contributed by atoms with Gasteiger partial charge in [0.25, 0.3) is 0 Å². The molecule has 1 fully saturated rings. The highest BCUT2D eigenvalue weighted by Crippen LogP contribution is 2.35. The van der Waals surface area contributed by atoms with E-state index in [2.05, 4.69) is 4.98 Å². The van der Waals surface area contributed by atoms with Gasteiger partial charge in [-0.2, -0.15) is 5.10 Å². The normalized spacial score (nSPS) is 14.8. The van der Waals surface area contributed by atoms with Crippen LogP contribution in [0.4, 0.5) is 24.1 Å². The number of ether oxygens (including phenoxy) is 2. The maximum Gasteiger partial charge on any atom is 0.415 e. The van der Waals surface area contributed by atoms with Crippen molar-refractivity contribution in [2.24, 2.45) is 0 Å². The Bertz CT molecular complexity index is 1470. The summed E-state index contributed by atoms with van der Waals surface area (Å²) in [6, 6.07) is 5.04. The maximum absolute atomic E-state index is 14.8. The highest BCUT2D eigenvalue weighted by molar-refractivity contribution is 7.99. The van der Waals surface area contributed by atoms with E-state index in [4.69, 9.17) is 14.6 Å². The molecule has 0 atom stereocenters. The molecule has 2 amide bonds. The lowest BCUT2D eigenvalue weighted by Gasteiger charge is -2.33. The minimum Gasteiger partial charge on any atom is -0.444 e. The number of anilines is 1.